The highest BCUT2D eigenvalue weighted by Crippen LogP contribution is 2.20. The van der Waals surface area contributed by atoms with E-state index in [1.54, 1.807) is 0 Å². The van der Waals surface area contributed by atoms with Crippen LogP contribution < -0.4 is 9.62 Å². The van der Waals surface area contributed by atoms with Gasteiger partial charge in [0.1, 0.15) is 18.4 Å². The van der Waals surface area contributed by atoms with Crippen LogP contribution in [-0.4, -0.2) is 50.5 Å². The topological polar surface area (TPSA) is 86.8 Å². The summed E-state index contributed by atoms with van der Waals surface area (Å²) in [6, 6.07) is 11.7. The Kier molecular flexibility index (Phi) is 9.61. The third-order valence-corrected chi connectivity index (χ3v) is 6.48. The van der Waals surface area contributed by atoms with Gasteiger partial charge in [-0.05, 0) is 49.1 Å². The maximum Gasteiger partial charge on any atom is 0.244 e. The van der Waals surface area contributed by atoms with Crippen molar-refractivity contribution in [2.45, 2.75) is 46.7 Å². The van der Waals surface area contributed by atoms with E-state index in [0.29, 0.717) is 13.0 Å². The fourth-order valence-electron chi connectivity index (χ4n) is 3.45. The number of carbonyl (C=O) groups is 2. The molecule has 0 fully saturated rings. The van der Waals surface area contributed by atoms with Gasteiger partial charge in [-0.15, -0.1) is 0 Å². The summed E-state index contributed by atoms with van der Waals surface area (Å²) in [6.07, 6.45) is 1.34. The van der Waals surface area contributed by atoms with Crippen molar-refractivity contribution in [1.29, 1.82) is 0 Å². The predicted molar refractivity (Wildman–Crippen MR) is 132 cm³/mol. The number of hydrogen-bond donors (Lipinski definition) is 1. The smallest absolute Gasteiger partial charge is 0.244 e. The van der Waals surface area contributed by atoms with E-state index >= 15 is 0 Å². The summed E-state index contributed by atoms with van der Waals surface area (Å²) < 4.78 is 39.3. The molecule has 2 amide bonds. The minimum absolute atomic E-state index is 0.147. The third kappa shape index (κ3) is 7.83. The van der Waals surface area contributed by atoms with Gasteiger partial charge in [0.15, 0.2) is 0 Å². The number of carbonyl (C=O) groups excluding carboxylic acids is 2. The fourth-order valence-corrected chi connectivity index (χ4v) is 4.30. The Morgan fingerprint density at radius 3 is 2.12 bits per heavy atom. The Bertz CT molecular complexity index is 1070. The van der Waals surface area contributed by atoms with Crippen LogP contribution in [0.3, 0.4) is 0 Å². The van der Waals surface area contributed by atoms with Crippen molar-refractivity contribution in [3.63, 3.8) is 0 Å². The fraction of sp³-hybridized carbons (Fsp3) is 0.440. The number of anilines is 1. The summed E-state index contributed by atoms with van der Waals surface area (Å²) >= 11 is 0. The molecule has 0 saturated heterocycles. The van der Waals surface area contributed by atoms with Crippen LogP contribution in [0.5, 0.6) is 0 Å². The van der Waals surface area contributed by atoms with Crippen molar-refractivity contribution in [2.75, 3.05) is 23.7 Å². The van der Waals surface area contributed by atoms with Gasteiger partial charge in [-0.2, -0.15) is 0 Å². The predicted octanol–water partition coefficient (Wildman–Crippen LogP) is 3.48. The zero-order chi connectivity index (χ0) is 25.5. The first-order chi connectivity index (χ1) is 15.9. The number of amides is 2. The van der Waals surface area contributed by atoms with Crippen LogP contribution >= 0.6 is 0 Å². The second-order valence-corrected chi connectivity index (χ2v) is 10.7. The molecule has 1 N–H and O–H groups in total. The van der Waals surface area contributed by atoms with Crippen molar-refractivity contribution in [3.05, 3.63) is 65.5 Å². The Hall–Kier alpha value is -2.94. The van der Waals surface area contributed by atoms with Crippen LogP contribution in [0, 0.1) is 18.7 Å². The Labute approximate surface area is 202 Å². The lowest BCUT2D eigenvalue weighted by molar-refractivity contribution is -0.140. The van der Waals surface area contributed by atoms with Crippen LogP contribution in [0.15, 0.2) is 48.5 Å². The van der Waals surface area contributed by atoms with Crippen molar-refractivity contribution in [3.8, 4) is 0 Å². The minimum atomic E-state index is -3.85. The number of halogens is 1. The monoisotopic (exact) mass is 491 g/mol. The number of rotatable bonds is 11. The van der Waals surface area contributed by atoms with E-state index in [2.05, 4.69) is 5.32 Å². The lowest BCUT2D eigenvalue weighted by atomic mass is 10.1. The molecule has 1 atom stereocenters. The zero-order valence-electron chi connectivity index (χ0n) is 20.4. The van der Waals surface area contributed by atoms with E-state index < -0.39 is 34.3 Å². The van der Waals surface area contributed by atoms with Crippen molar-refractivity contribution < 1.29 is 22.4 Å². The molecule has 186 valence electrons. The first kappa shape index (κ1) is 27.3. The van der Waals surface area contributed by atoms with Crippen molar-refractivity contribution in [2.24, 2.45) is 5.92 Å². The molecule has 0 spiro atoms. The van der Waals surface area contributed by atoms with Gasteiger partial charge in [0.2, 0.25) is 21.8 Å². The Morgan fingerprint density at radius 1 is 1.03 bits per heavy atom. The standard InChI is InChI=1S/C25H34FN3O4S/c1-6-23(25(31)27-15-18(2)3)28(16-20-9-7-19(4)8-10-20)24(30)17-29(34(5,32)33)22-13-11-21(26)12-14-22/h7-14,18,23H,6,15-17H2,1-5H3,(H,27,31)/t23-/m1/s1. The number of benzene rings is 2. The quantitative estimate of drug-likeness (QED) is 0.521. The summed E-state index contributed by atoms with van der Waals surface area (Å²) in [7, 11) is -3.85. The molecule has 2 aromatic carbocycles. The average Bonchev–Trinajstić information content (AvgIpc) is 2.77. The van der Waals surface area contributed by atoms with Crippen LogP contribution in [0.4, 0.5) is 10.1 Å². The van der Waals surface area contributed by atoms with Crippen molar-refractivity contribution >= 4 is 27.5 Å². The van der Waals surface area contributed by atoms with E-state index in [1.807, 2.05) is 52.0 Å². The van der Waals surface area contributed by atoms with Crippen LogP contribution in [0.25, 0.3) is 0 Å². The normalized spacial score (nSPS) is 12.3. The van der Waals surface area contributed by atoms with Gasteiger partial charge < -0.3 is 10.2 Å². The highest BCUT2D eigenvalue weighted by molar-refractivity contribution is 7.92. The number of hydrogen-bond acceptors (Lipinski definition) is 4. The highest BCUT2D eigenvalue weighted by atomic mass is 32.2. The molecule has 0 aliphatic rings. The molecule has 2 rings (SSSR count). The minimum Gasteiger partial charge on any atom is -0.354 e. The lowest BCUT2D eigenvalue weighted by Gasteiger charge is -2.33. The molecule has 0 radical (unpaired) electrons. The summed E-state index contributed by atoms with van der Waals surface area (Å²) in [6.45, 7) is 7.81. The summed E-state index contributed by atoms with van der Waals surface area (Å²) in [5.74, 6) is -1.09. The third-order valence-electron chi connectivity index (χ3n) is 5.34. The van der Waals surface area contributed by atoms with Gasteiger partial charge >= 0.3 is 0 Å². The molecule has 0 saturated carbocycles. The van der Waals surface area contributed by atoms with Gasteiger partial charge in [-0.3, -0.25) is 13.9 Å². The first-order valence-corrected chi connectivity index (χ1v) is 13.1. The number of aryl methyl sites for hydroxylation is 1. The largest absolute Gasteiger partial charge is 0.354 e. The molecule has 0 bridgehead atoms. The molecule has 0 heterocycles. The van der Waals surface area contributed by atoms with E-state index in [4.69, 9.17) is 0 Å². The number of nitrogens with one attached hydrogen (secondary N) is 1. The molecular formula is C25H34FN3O4S. The zero-order valence-corrected chi connectivity index (χ0v) is 21.2. The van der Waals surface area contributed by atoms with Crippen LogP contribution in [-0.2, 0) is 26.2 Å². The molecule has 0 aromatic heterocycles. The molecule has 34 heavy (non-hydrogen) atoms. The van der Waals surface area contributed by atoms with Gasteiger partial charge in [0.05, 0.1) is 11.9 Å². The molecular weight excluding hydrogens is 457 g/mol. The Morgan fingerprint density at radius 2 is 1.62 bits per heavy atom. The SMILES string of the molecule is CC[C@H](C(=O)NCC(C)C)N(Cc1ccc(C)cc1)C(=O)CN(c1ccc(F)cc1)S(C)(=O)=O. The molecule has 0 aliphatic heterocycles. The molecule has 9 heteroatoms. The highest BCUT2D eigenvalue weighted by Gasteiger charge is 2.31. The van der Waals surface area contributed by atoms with E-state index in [1.165, 1.54) is 17.0 Å². The molecule has 2 aromatic rings. The van der Waals surface area contributed by atoms with E-state index in [0.717, 1.165) is 33.8 Å². The van der Waals surface area contributed by atoms with E-state index in [-0.39, 0.29) is 24.1 Å². The van der Waals surface area contributed by atoms with Gasteiger partial charge in [-0.1, -0.05) is 50.6 Å². The van der Waals surface area contributed by atoms with E-state index in [9.17, 15) is 22.4 Å². The van der Waals surface area contributed by atoms with Gasteiger partial charge in [-0.25, -0.2) is 12.8 Å². The summed E-state index contributed by atoms with van der Waals surface area (Å²) in [5, 5.41) is 2.88. The molecule has 0 unspecified atom stereocenters. The maximum absolute atomic E-state index is 13.5. The van der Waals surface area contributed by atoms with Crippen LogP contribution in [0.1, 0.15) is 38.3 Å². The second kappa shape index (κ2) is 12.0. The number of nitrogens with zero attached hydrogens (tertiary/aromatic N) is 2. The Balaban J connectivity index is 2.39. The number of sulfonamides is 1. The molecule has 0 aliphatic carbocycles. The second-order valence-electron chi connectivity index (χ2n) is 8.82. The van der Waals surface area contributed by atoms with Gasteiger partial charge in [0, 0.05) is 13.1 Å². The summed E-state index contributed by atoms with van der Waals surface area (Å²) in [5.41, 5.74) is 2.05. The summed E-state index contributed by atoms with van der Waals surface area (Å²) in [4.78, 5) is 27.9. The van der Waals surface area contributed by atoms with Crippen molar-refractivity contribution in [1.82, 2.24) is 10.2 Å². The maximum atomic E-state index is 13.5. The van der Waals surface area contributed by atoms with Gasteiger partial charge in [0.25, 0.3) is 0 Å². The average molecular weight is 492 g/mol. The van der Waals surface area contributed by atoms with Crippen LogP contribution in [0.2, 0.25) is 0 Å². The first-order valence-electron chi connectivity index (χ1n) is 11.3. The molecule has 7 nitrogen and oxygen atoms in total. The lowest BCUT2D eigenvalue weighted by Crippen LogP contribution is -2.52.